The maximum atomic E-state index is 15.3. The normalized spacial score (nSPS) is 16.5. The summed E-state index contributed by atoms with van der Waals surface area (Å²) in [6, 6.07) is 18.4. The summed E-state index contributed by atoms with van der Waals surface area (Å²) in [7, 11) is 0. The van der Waals surface area contributed by atoms with E-state index in [-0.39, 0.29) is 74.5 Å². The minimum Gasteiger partial charge on any atom is -0.491 e. The van der Waals surface area contributed by atoms with Crippen molar-refractivity contribution in [2.24, 2.45) is 5.41 Å². The summed E-state index contributed by atoms with van der Waals surface area (Å²) in [5.74, 6) is 4.47. The average molecular weight is 1230 g/mol. The van der Waals surface area contributed by atoms with Crippen LogP contribution in [0.3, 0.4) is 0 Å². The summed E-state index contributed by atoms with van der Waals surface area (Å²) in [6.07, 6.45) is 2.01. The number of aromatic nitrogens is 5. The molecule has 10 rings (SSSR count). The first-order valence-corrected chi connectivity index (χ1v) is 31.3. The van der Waals surface area contributed by atoms with Gasteiger partial charge in [0.05, 0.1) is 45.6 Å². The number of thiazole rings is 3. The van der Waals surface area contributed by atoms with Crippen LogP contribution in [0.5, 0.6) is 5.75 Å². The molecule has 5 N–H and O–H groups in total. The van der Waals surface area contributed by atoms with Crippen LogP contribution in [0.4, 0.5) is 26.3 Å². The van der Waals surface area contributed by atoms with Gasteiger partial charge >= 0.3 is 5.97 Å². The summed E-state index contributed by atoms with van der Waals surface area (Å²) < 4.78 is 22.2. The molecule has 24 heteroatoms. The van der Waals surface area contributed by atoms with Crippen LogP contribution in [0.25, 0.3) is 20.7 Å². The van der Waals surface area contributed by atoms with Gasteiger partial charge in [0.2, 0.25) is 23.6 Å². The van der Waals surface area contributed by atoms with Gasteiger partial charge < -0.3 is 45.6 Å². The third-order valence-electron chi connectivity index (χ3n) is 15.5. The fourth-order valence-electron chi connectivity index (χ4n) is 10.8. The van der Waals surface area contributed by atoms with Crippen molar-refractivity contribution >= 4 is 95.7 Å². The van der Waals surface area contributed by atoms with Gasteiger partial charge in [-0.05, 0) is 92.8 Å². The largest absolute Gasteiger partial charge is 0.491 e. The fourth-order valence-corrected chi connectivity index (χ4v) is 13.6. The summed E-state index contributed by atoms with van der Waals surface area (Å²) in [5, 5.41) is 40.3. The zero-order chi connectivity index (χ0) is 60.6. The third-order valence-corrected chi connectivity index (χ3v) is 18.6. The van der Waals surface area contributed by atoms with Crippen molar-refractivity contribution in [2.45, 2.75) is 111 Å². The Morgan fingerprint density at radius 2 is 1.72 bits per heavy atom. The number of rotatable bonds is 20. The molecule has 20 nitrogen and oxygen atoms in total. The second kappa shape index (κ2) is 27.2. The highest BCUT2D eigenvalue weighted by Crippen LogP contribution is 2.40. The number of carbonyl (C=O) groups is 5. The molecular formula is C62H69FN12O8S3. The number of nitrogens with zero attached hydrogens (tertiary/aromatic N) is 9. The number of piperazine rings is 1. The van der Waals surface area contributed by atoms with E-state index in [0.29, 0.717) is 79.3 Å². The lowest BCUT2D eigenvalue weighted by Crippen LogP contribution is -2.57. The number of ether oxygens (including phenoxy) is 1. The summed E-state index contributed by atoms with van der Waals surface area (Å²) >= 11 is 4.40. The molecule has 86 heavy (non-hydrogen) atoms. The van der Waals surface area contributed by atoms with Gasteiger partial charge in [-0.1, -0.05) is 80.3 Å². The number of aryl methyl sites for hydroxylation is 2. The van der Waals surface area contributed by atoms with Crippen molar-refractivity contribution in [2.75, 3.05) is 62.6 Å². The van der Waals surface area contributed by atoms with Gasteiger partial charge in [-0.3, -0.25) is 24.1 Å². The molecule has 4 aromatic heterocycles. The van der Waals surface area contributed by atoms with Gasteiger partial charge in [-0.25, -0.2) is 24.1 Å². The van der Waals surface area contributed by atoms with Gasteiger partial charge in [0, 0.05) is 86.6 Å². The van der Waals surface area contributed by atoms with Gasteiger partial charge in [-0.2, -0.15) is 0 Å². The van der Waals surface area contributed by atoms with Crippen molar-refractivity contribution in [1.82, 2.24) is 50.5 Å². The molecule has 3 atom stereocenters. The Hall–Kier alpha value is -7.95. The number of anilines is 4. The Morgan fingerprint density at radius 3 is 2.45 bits per heavy atom. The number of carbonyl (C=O) groups excluding carboxylic acids is 4. The molecule has 2 fully saturated rings. The lowest BCUT2D eigenvalue weighted by molar-refractivity contribution is -0.144. The number of amides is 4. The number of aliphatic hydroxyl groups is 1. The molecule has 4 amide bonds. The quantitative estimate of drug-likeness (QED) is 0.0355. The Morgan fingerprint density at radius 1 is 0.930 bits per heavy atom. The maximum Gasteiger partial charge on any atom is 0.355 e. The van der Waals surface area contributed by atoms with E-state index in [1.165, 1.54) is 39.7 Å². The molecule has 450 valence electrons. The lowest BCUT2D eigenvalue weighted by atomic mass is 9.85. The van der Waals surface area contributed by atoms with E-state index in [1.54, 1.807) is 27.8 Å². The molecule has 0 aliphatic carbocycles. The van der Waals surface area contributed by atoms with Crippen LogP contribution >= 0.6 is 34.0 Å². The highest BCUT2D eigenvalue weighted by atomic mass is 32.1. The number of fused-ring (bicyclic) bond motifs is 2. The first-order valence-electron chi connectivity index (χ1n) is 28.8. The van der Waals surface area contributed by atoms with Crippen LogP contribution in [0, 0.1) is 36.9 Å². The van der Waals surface area contributed by atoms with Crippen LogP contribution in [0.15, 0.2) is 72.2 Å². The predicted octanol–water partition coefficient (Wildman–Crippen LogP) is 8.44. The number of likely N-dealkylation sites (tertiary alicyclic amines) is 1. The number of aromatic carboxylic acids is 1. The summed E-state index contributed by atoms with van der Waals surface area (Å²) in [6.45, 7) is 13.0. The number of hydrogen-bond donors (Lipinski definition) is 5. The number of carboxylic acid groups (broad SMARTS) is 1. The van der Waals surface area contributed by atoms with Gasteiger partial charge in [0.1, 0.15) is 12.1 Å². The first kappa shape index (κ1) is 61.1. The second-order valence-corrected chi connectivity index (χ2v) is 25.7. The molecule has 0 radical (unpaired) electrons. The Labute approximate surface area is 510 Å². The number of hydrogen-bond acceptors (Lipinski definition) is 18. The van der Waals surface area contributed by atoms with Crippen LogP contribution in [-0.2, 0) is 38.6 Å². The van der Waals surface area contributed by atoms with Crippen LogP contribution in [0.2, 0.25) is 0 Å². The molecule has 2 saturated heterocycles. The van der Waals surface area contributed by atoms with Crippen molar-refractivity contribution < 1.29 is 43.3 Å². The van der Waals surface area contributed by atoms with Crippen molar-refractivity contribution in [3.8, 4) is 28.0 Å². The van der Waals surface area contributed by atoms with Crippen LogP contribution in [0.1, 0.15) is 103 Å². The van der Waals surface area contributed by atoms with E-state index < -0.39 is 41.3 Å². The number of benzene rings is 3. The number of para-hydroxylation sites is 1. The van der Waals surface area contributed by atoms with E-state index in [0.717, 1.165) is 61.0 Å². The van der Waals surface area contributed by atoms with E-state index in [4.69, 9.17) is 4.74 Å². The number of carboxylic acids is 1. The van der Waals surface area contributed by atoms with E-state index in [1.807, 2.05) is 88.0 Å². The van der Waals surface area contributed by atoms with Crippen LogP contribution < -0.4 is 25.6 Å². The summed E-state index contributed by atoms with van der Waals surface area (Å²) in [4.78, 5) is 89.0. The highest BCUT2D eigenvalue weighted by Gasteiger charge is 2.44. The lowest BCUT2D eigenvalue weighted by Gasteiger charge is -2.35. The predicted molar refractivity (Wildman–Crippen MR) is 330 cm³/mol. The zero-order valence-electron chi connectivity index (χ0n) is 48.7. The standard InChI is InChI=1S/C62H69FN12O8S3/c1-37-43-13-10-26-74(56(43)71-70-55(37)69-60-66-45-14-6-7-15-48(45)85-60)61-68-52(59(81)82)49(86-61)16-11-31-83-47-24-21-39(32-44(47)63)12-9-25-72-27-29-73(30-28-72)51(78)18-8-17-50(77)67-54(62(3,4)5)58(80)75-35-42(76)33-46(75)57(79)64-34-40-19-22-41(23-20-40)53-38(2)65-36-84-53/h6-7,14-15,19-24,32,36,42,46,54,76H,8,10-11,13,16-18,25-31,33-35H2,1-5H3,(H,64,79)(H,67,77)(H,81,82)(H,66,69,70)/t42-,46+,54?/m1/s1. The van der Waals surface area contributed by atoms with E-state index in [2.05, 4.69) is 57.8 Å². The third kappa shape index (κ3) is 14.6. The smallest absolute Gasteiger partial charge is 0.355 e. The molecule has 3 aliphatic rings. The Bertz CT molecular complexity index is 3660. The molecule has 7 heterocycles. The second-order valence-electron chi connectivity index (χ2n) is 22.8. The van der Waals surface area contributed by atoms with E-state index in [9.17, 15) is 34.2 Å². The molecule has 7 aromatic rings. The minimum atomic E-state index is -1.13. The van der Waals surface area contributed by atoms with Crippen LogP contribution in [-0.4, -0.2) is 150 Å². The number of halogens is 1. The fraction of sp³-hybridized carbons (Fsp3) is 0.419. The molecule has 0 saturated carbocycles. The van der Waals surface area contributed by atoms with Gasteiger partial charge in [0.25, 0.3) is 0 Å². The van der Waals surface area contributed by atoms with Gasteiger partial charge in [-0.15, -0.1) is 32.9 Å². The maximum absolute atomic E-state index is 15.3. The highest BCUT2D eigenvalue weighted by molar-refractivity contribution is 7.22. The molecular weight excluding hydrogens is 1160 g/mol. The first-order chi connectivity index (χ1) is 41.4. The monoisotopic (exact) mass is 1220 g/mol. The van der Waals surface area contributed by atoms with E-state index >= 15 is 4.39 Å². The Kier molecular flexibility index (Phi) is 19.3. The number of aliphatic hydroxyl groups excluding tert-OH is 1. The van der Waals surface area contributed by atoms with Gasteiger partial charge in [0.15, 0.2) is 39.2 Å². The molecule has 0 bridgehead atoms. The Balaban J connectivity index is 0.633. The average Bonchev–Trinajstić information content (AvgIpc) is 1.66. The number of nitrogens with one attached hydrogen (secondary N) is 3. The molecule has 0 spiro atoms. The van der Waals surface area contributed by atoms with Crippen molar-refractivity contribution in [1.29, 1.82) is 0 Å². The SMILES string of the molecule is Cc1ncsc1-c1ccc(CNC(=O)[C@@H]2C[C@@H](O)CN2C(=O)C(NC(=O)CCCC(=O)N2CCN(CC#Cc3ccc(OCCCc4sc(N5CCCc6c5nnc(Nc5nc7ccccc7s5)c6C)nc4C(=O)O)c(F)c3)CC2)C(C)(C)C)cc1. The zero-order valence-corrected chi connectivity index (χ0v) is 51.1. The number of β-amino-alcohol motifs (C(OH)–C–C–N with tert-alkyl or cyclic N) is 1. The summed E-state index contributed by atoms with van der Waals surface area (Å²) in [5.41, 5.74) is 7.25. The topological polar surface area (TPSA) is 249 Å². The molecule has 3 aromatic carbocycles. The molecule has 1 unspecified atom stereocenters. The minimum absolute atomic E-state index is 0.0210. The molecule has 3 aliphatic heterocycles. The van der Waals surface area contributed by atoms with Crippen molar-refractivity contribution in [3.05, 3.63) is 117 Å². The van der Waals surface area contributed by atoms with Crippen molar-refractivity contribution in [3.63, 3.8) is 0 Å².